The number of rotatable bonds is 2. The van der Waals surface area contributed by atoms with Crippen LogP contribution in [0.2, 0.25) is 0 Å². The van der Waals surface area contributed by atoms with Crippen molar-refractivity contribution in [2.24, 2.45) is 0 Å². The topological polar surface area (TPSA) is 60.4 Å². The van der Waals surface area contributed by atoms with Crippen LogP contribution in [-0.2, 0) is 0 Å². The highest BCUT2D eigenvalue weighted by Gasteiger charge is 2.17. The summed E-state index contributed by atoms with van der Waals surface area (Å²) in [5, 5.41) is 0.701. The molecule has 4 nitrogen and oxygen atoms in total. The molecule has 0 aliphatic carbocycles. The Morgan fingerprint density at radius 2 is 1.89 bits per heavy atom. The van der Waals surface area contributed by atoms with E-state index in [0.717, 1.165) is 0 Å². The third-order valence-corrected chi connectivity index (χ3v) is 2.63. The van der Waals surface area contributed by atoms with Crippen LogP contribution in [0.3, 0.4) is 0 Å². The molecule has 0 fully saturated rings. The Balaban J connectivity index is 2.21. The van der Waals surface area contributed by atoms with Crippen LogP contribution in [0.25, 0.3) is 11.0 Å². The standard InChI is InChI=1S/C14H8O4/c15-13(12-6-3-7-17-12)10-8-9-4-1-2-5-11(9)18-14(10)16/h1-8H. The largest absolute Gasteiger partial charge is 0.461 e. The highest BCUT2D eigenvalue weighted by atomic mass is 16.4. The fourth-order valence-electron chi connectivity index (χ4n) is 1.76. The van der Waals surface area contributed by atoms with Gasteiger partial charge in [-0.2, -0.15) is 0 Å². The zero-order chi connectivity index (χ0) is 12.5. The maximum Gasteiger partial charge on any atom is 0.347 e. The van der Waals surface area contributed by atoms with Gasteiger partial charge in [-0.1, -0.05) is 18.2 Å². The fourth-order valence-corrected chi connectivity index (χ4v) is 1.76. The molecular weight excluding hydrogens is 232 g/mol. The molecule has 3 rings (SSSR count). The molecule has 0 spiro atoms. The number of ketones is 1. The van der Waals surface area contributed by atoms with E-state index in [1.165, 1.54) is 18.4 Å². The van der Waals surface area contributed by atoms with Crippen molar-refractivity contribution in [1.29, 1.82) is 0 Å². The number of furan rings is 1. The molecule has 2 aromatic heterocycles. The molecule has 0 atom stereocenters. The van der Waals surface area contributed by atoms with Gasteiger partial charge in [-0.05, 0) is 24.3 Å². The maximum atomic E-state index is 12.0. The van der Waals surface area contributed by atoms with E-state index in [2.05, 4.69) is 0 Å². The SMILES string of the molecule is O=C(c1ccco1)c1cc2ccccc2oc1=O. The summed E-state index contributed by atoms with van der Waals surface area (Å²) in [6.45, 7) is 0. The molecule has 0 unspecified atom stereocenters. The highest BCUT2D eigenvalue weighted by Crippen LogP contribution is 2.15. The summed E-state index contributed by atoms with van der Waals surface area (Å²) in [5.74, 6) is -0.350. The average molecular weight is 240 g/mol. The zero-order valence-corrected chi connectivity index (χ0v) is 9.25. The van der Waals surface area contributed by atoms with Gasteiger partial charge in [-0.3, -0.25) is 4.79 Å². The minimum absolute atomic E-state index is 0.0244. The van der Waals surface area contributed by atoms with Gasteiger partial charge in [0.2, 0.25) is 5.78 Å². The van der Waals surface area contributed by atoms with Crippen LogP contribution < -0.4 is 5.63 Å². The lowest BCUT2D eigenvalue weighted by molar-refractivity contribution is 0.101. The van der Waals surface area contributed by atoms with Gasteiger partial charge < -0.3 is 8.83 Å². The molecule has 18 heavy (non-hydrogen) atoms. The van der Waals surface area contributed by atoms with Gasteiger partial charge in [0.25, 0.3) is 0 Å². The van der Waals surface area contributed by atoms with Gasteiger partial charge >= 0.3 is 5.63 Å². The fraction of sp³-hybridized carbons (Fsp3) is 0. The van der Waals surface area contributed by atoms with Crippen LogP contribution in [-0.4, -0.2) is 5.78 Å². The van der Waals surface area contributed by atoms with Crippen LogP contribution in [0.1, 0.15) is 16.1 Å². The van der Waals surface area contributed by atoms with E-state index in [0.29, 0.717) is 11.0 Å². The molecule has 0 saturated heterocycles. The van der Waals surface area contributed by atoms with Crippen molar-refractivity contribution in [2.45, 2.75) is 0 Å². The second-order valence-electron chi connectivity index (χ2n) is 3.79. The number of hydrogen-bond acceptors (Lipinski definition) is 4. The normalized spacial score (nSPS) is 10.7. The monoisotopic (exact) mass is 240 g/mol. The first kappa shape index (κ1) is 10.5. The van der Waals surface area contributed by atoms with E-state index in [-0.39, 0.29) is 11.3 Å². The lowest BCUT2D eigenvalue weighted by Crippen LogP contribution is -2.14. The summed E-state index contributed by atoms with van der Waals surface area (Å²) >= 11 is 0. The molecule has 0 aliphatic rings. The molecular formula is C14H8O4. The summed E-state index contributed by atoms with van der Waals surface area (Å²) < 4.78 is 10.1. The van der Waals surface area contributed by atoms with Gasteiger partial charge in [0.1, 0.15) is 11.1 Å². The quantitative estimate of drug-likeness (QED) is 0.510. The van der Waals surface area contributed by atoms with Gasteiger partial charge in [0.15, 0.2) is 5.76 Å². The lowest BCUT2D eigenvalue weighted by atomic mass is 10.1. The molecule has 0 aliphatic heterocycles. The molecule has 88 valence electrons. The molecule has 0 bridgehead atoms. The van der Waals surface area contributed by atoms with Crippen molar-refractivity contribution in [3.05, 3.63) is 70.5 Å². The predicted molar refractivity (Wildman–Crippen MR) is 64.6 cm³/mol. The predicted octanol–water partition coefficient (Wildman–Crippen LogP) is 2.62. The molecule has 1 aromatic carbocycles. The Kier molecular flexibility index (Phi) is 2.34. The Morgan fingerprint density at radius 1 is 1.06 bits per heavy atom. The third-order valence-electron chi connectivity index (χ3n) is 2.63. The molecule has 3 aromatic rings. The minimum Gasteiger partial charge on any atom is -0.461 e. The maximum absolute atomic E-state index is 12.0. The molecule has 0 saturated carbocycles. The second-order valence-corrected chi connectivity index (χ2v) is 3.79. The Labute approximate surface area is 101 Å². The van der Waals surface area contributed by atoms with E-state index < -0.39 is 11.4 Å². The minimum atomic E-state index is -0.657. The number of fused-ring (bicyclic) bond motifs is 1. The van der Waals surface area contributed by atoms with E-state index in [1.54, 1.807) is 24.3 Å². The number of carbonyl (C=O) groups is 1. The van der Waals surface area contributed by atoms with Crippen molar-refractivity contribution >= 4 is 16.8 Å². The first-order valence-corrected chi connectivity index (χ1v) is 5.37. The van der Waals surface area contributed by atoms with Gasteiger partial charge in [0, 0.05) is 5.39 Å². The summed E-state index contributed by atoms with van der Waals surface area (Å²) in [6, 6.07) is 11.6. The van der Waals surface area contributed by atoms with E-state index >= 15 is 0 Å². The van der Waals surface area contributed by atoms with Crippen molar-refractivity contribution in [2.75, 3.05) is 0 Å². The van der Waals surface area contributed by atoms with Crippen LogP contribution in [0.4, 0.5) is 0 Å². The summed E-state index contributed by atoms with van der Waals surface area (Å²) in [5.41, 5.74) is -0.225. The van der Waals surface area contributed by atoms with Crippen molar-refractivity contribution < 1.29 is 13.6 Å². The van der Waals surface area contributed by atoms with Crippen LogP contribution in [0.15, 0.2) is 62.4 Å². The van der Waals surface area contributed by atoms with E-state index in [9.17, 15) is 9.59 Å². The number of para-hydroxylation sites is 1. The number of hydrogen-bond donors (Lipinski definition) is 0. The van der Waals surface area contributed by atoms with Gasteiger partial charge in [-0.15, -0.1) is 0 Å². The van der Waals surface area contributed by atoms with Crippen LogP contribution in [0.5, 0.6) is 0 Å². The molecule has 2 heterocycles. The summed E-state index contributed by atoms with van der Waals surface area (Å²) in [7, 11) is 0. The zero-order valence-electron chi connectivity index (χ0n) is 9.25. The van der Waals surface area contributed by atoms with Crippen molar-refractivity contribution in [3.63, 3.8) is 0 Å². The van der Waals surface area contributed by atoms with Crippen LogP contribution in [0, 0.1) is 0 Å². The number of carbonyl (C=O) groups excluding carboxylic acids is 1. The molecule has 4 heteroatoms. The average Bonchev–Trinajstić information content (AvgIpc) is 2.91. The molecule has 0 amide bonds. The van der Waals surface area contributed by atoms with Gasteiger partial charge in [-0.25, -0.2) is 4.79 Å². The van der Waals surface area contributed by atoms with Gasteiger partial charge in [0.05, 0.1) is 6.26 Å². The van der Waals surface area contributed by atoms with E-state index in [4.69, 9.17) is 8.83 Å². The Hall–Kier alpha value is -2.62. The summed E-state index contributed by atoms with van der Waals surface area (Å²) in [4.78, 5) is 23.8. The molecule has 0 radical (unpaired) electrons. The first-order valence-electron chi connectivity index (χ1n) is 5.37. The first-order chi connectivity index (χ1) is 8.75. The van der Waals surface area contributed by atoms with Crippen molar-refractivity contribution in [3.8, 4) is 0 Å². The van der Waals surface area contributed by atoms with Crippen molar-refractivity contribution in [1.82, 2.24) is 0 Å². The van der Waals surface area contributed by atoms with Crippen LogP contribution >= 0.6 is 0 Å². The smallest absolute Gasteiger partial charge is 0.347 e. The third kappa shape index (κ3) is 1.64. The highest BCUT2D eigenvalue weighted by molar-refractivity contribution is 6.08. The molecule has 0 N–H and O–H groups in total. The Morgan fingerprint density at radius 3 is 2.67 bits per heavy atom. The number of benzene rings is 1. The summed E-state index contributed by atoms with van der Waals surface area (Å²) in [6.07, 6.45) is 1.38. The second kappa shape index (κ2) is 4.00. The van der Waals surface area contributed by atoms with E-state index in [1.807, 2.05) is 6.07 Å². The lowest BCUT2D eigenvalue weighted by Gasteiger charge is -1.99. The Bertz CT molecular complexity index is 766.